The summed E-state index contributed by atoms with van der Waals surface area (Å²) in [4.78, 5) is 22.3. The largest absolute Gasteiger partial charge is 0.538 e. The Hall–Kier alpha value is -2.62. The number of aryl methyl sites for hydroxylation is 1. The number of benzene rings is 1. The Labute approximate surface area is 135 Å². The maximum atomic E-state index is 12.3. The summed E-state index contributed by atoms with van der Waals surface area (Å²) in [5.74, 6) is -0.950. The molecule has 23 heavy (non-hydrogen) atoms. The zero-order valence-corrected chi connectivity index (χ0v) is 13.1. The highest BCUT2D eigenvalue weighted by Gasteiger charge is 2.24. The van der Waals surface area contributed by atoms with Crippen LogP contribution in [0, 0.1) is 16.2 Å². The number of thioether (sulfide) groups is 1. The highest BCUT2D eigenvalue weighted by molar-refractivity contribution is 8.00. The lowest BCUT2D eigenvalue weighted by atomic mass is 10.2. The van der Waals surface area contributed by atoms with Gasteiger partial charge in [0.25, 0.3) is 5.03 Å². The minimum Gasteiger partial charge on any atom is -0.538 e. The van der Waals surface area contributed by atoms with E-state index in [9.17, 15) is 20.0 Å². The Bertz CT molecular complexity index is 696. The normalized spacial score (nSPS) is 11.9. The van der Waals surface area contributed by atoms with E-state index in [1.807, 2.05) is 0 Å². The number of hydrogen-bond acceptors (Lipinski definition) is 7. The van der Waals surface area contributed by atoms with Crippen LogP contribution in [-0.4, -0.2) is 21.4 Å². The molecule has 0 saturated heterocycles. The van der Waals surface area contributed by atoms with Crippen LogP contribution in [0.1, 0.15) is 13.3 Å². The second-order valence-electron chi connectivity index (χ2n) is 4.51. The number of carbonyl (C=O) groups is 1. The fraction of sp³-hybridized carbons (Fsp3) is 0.308. The molecule has 1 heterocycles. The van der Waals surface area contributed by atoms with Crippen LogP contribution in [0.25, 0.3) is 0 Å². The summed E-state index contributed by atoms with van der Waals surface area (Å²) in [6.45, 7) is 1.80. The molecule has 0 aliphatic heterocycles. The zero-order valence-electron chi connectivity index (χ0n) is 12.3. The van der Waals surface area contributed by atoms with Gasteiger partial charge in [-0.1, -0.05) is 29.4 Å². The van der Waals surface area contributed by atoms with Crippen LogP contribution < -0.4 is 15.1 Å². The van der Waals surface area contributed by atoms with Crippen molar-refractivity contribution in [2.75, 3.05) is 5.32 Å². The smallest absolute Gasteiger partial charge is 0.291 e. The summed E-state index contributed by atoms with van der Waals surface area (Å²) in [6, 6.07) is 6.48. The summed E-state index contributed by atoms with van der Waals surface area (Å²) >= 11 is 1.04. The molecule has 1 aromatic heterocycles. The molecule has 0 fully saturated rings. The minimum absolute atomic E-state index is 0.114. The van der Waals surface area contributed by atoms with Crippen LogP contribution in [0.4, 0.5) is 11.4 Å². The number of nitro benzene ring substituents is 1. The van der Waals surface area contributed by atoms with E-state index in [-0.39, 0.29) is 16.6 Å². The minimum atomic E-state index is -0.606. The molecule has 1 amide bonds. The van der Waals surface area contributed by atoms with Gasteiger partial charge in [-0.15, -0.1) is 6.07 Å². The number of carbonyl (C=O) groups excluding carboxylic acids is 1. The molecule has 0 bridgehead atoms. The first-order valence-electron chi connectivity index (χ1n) is 6.59. The summed E-state index contributed by atoms with van der Waals surface area (Å²) < 4.78 is 5.77. The molecule has 0 aliphatic rings. The van der Waals surface area contributed by atoms with Crippen molar-refractivity contribution >= 4 is 29.0 Å². The van der Waals surface area contributed by atoms with Gasteiger partial charge in [0.1, 0.15) is 0 Å². The molecule has 2 aromatic rings. The van der Waals surface area contributed by atoms with Gasteiger partial charge in [-0.3, -0.25) is 14.9 Å². The van der Waals surface area contributed by atoms with Crippen LogP contribution in [0.15, 0.2) is 27.7 Å². The highest BCUT2D eigenvalue weighted by Crippen LogP contribution is 2.28. The molecule has 0 radical (unpaired) electrons. The van der Waals surface area contributed by atoms with Crippen molar-refractivity contribution in [3.05, 3.63) is 34.4 Å². The molecular formula is C13H13N4O5S-. The van der Waals surface area contributed by atoms with E-state index in [1.54, 1.807) is 14.0 Å². The summed E-state index contributed by atoms with van der Waals surface area (Å²) in [5.41, 5.74) is 0.202. The Kier molecular flexibility index (Phi) is 5.16. The maximum absolute atomic E-state index is 12.3. The molecular weight excluding hydrogens is 324 g/mol. The first-order valence-corrected chi connectivity index (χ1v) is 7.47. The summed E-state index contributed by atoms with van der Waals surface area (Å²) in [7, 11) is 1.54. The van der Waals surface area contributed by atoms with E-state index in [0.717, 1.165) is 11.8 Å². The van der Waals surface area contributed by atoms with Gasteiger partial charge in [0, 0.05) is 4.92 Å². The molecule has 10 heteroatoms. The number of nitrogens with zero attached hydrogens (tertiary/aromatic N) is 3. The van der Waals surface area contributed by atoms with Gasteiger partial charge in [-0.2, -0.15) is 6.07 Å². The summed E-state index contributed by atoms with van der Waals surface area (Å²) in [6.07, 6.45) is 0.466. The van der Waals surface area contributed by atoms with Gasteiger partial charge in [-0.05, 0) is 18.2 Å². The summed E-state index contributed by atoms with van der Waals surface area (Å²) in [5, 5.41) is 27.8. The van der Waals surface area contributed by atoms with Crippen LogP contribution >= 0.6 is 11.8 Å². The molecule has 0 aliphatic carbocycles. The number of nitrogens with one attached hydrogen (secondary N) is 1. The average molecular weight is 337 g/mol. The molecule has 122 valence electrons. The van der Waals surface area contributed by atoms with Crippen molar-refractivity contribution in [3.63, 3.8) is 0 Å². The average Bonchev–Trinajstić information content (AvgIpc) is 2.84. The molecule has 0 saturated carbocycles. The fourth-order valence-electron chi connectivity index (χ4n) is 1.71. The predicted octanol–water partition coefficient (Wildman–Crippen LogP) is 0.790. The monoisotopic (exact) mass is 337 g/mol. The van der Waals surface area contributed by atoms with Crippen molar-refractivity contribution in [2.24, 2.45) is 7.05 Å². The first-order chi connectivity index (χ1) is 10.9. The number of hydrogen-bond donors (Lipinski definition) is 1. The predicted molar refractivity (Wildman–Crippen MR) is 77.6 cm³/mol. The SMILES string of the molecule is CCC(Sc1c([O-])on[n+]1C)C(=O)Nc1[c-]cc([N+](=O)[O-])cc1. The van der Waals surface area contributed by atoms with E-state index in [4.69, 9.17) is 0 Å². The van der Waals surface area contributed by atoms with Gasteiger partial charge in [0.2, 0.25) is 5.91 Å². The topological polar surface area (TPSA) is 125 Å². The lowest BCUT2D eigenvalue weighted by molar-refractivity contribution is -0.772. The van der Waals surface area contributed by atoms with Crippen LogP contribution in [0.5, 0.6) is 5.95 Å². The lowest BCUT2D eigenvalue weighted by Crippen LogP contribution is -2.34. The van der Waals surface area contributed by atoms with Gasteiger partial charge >= 0.3 is 0 Å². The molecule has 1 aromatic carbocycles. The Morgan fingerprint density at radius 3 is 2.83 bits per heavy atom. The molecule has 2 rings (SSSR count). The van der Waals surface area contributed by atoms with Crippen molar-refractivity contribution in [2.45, 2.75) is 23.6 Å². The molecule has 1 unspecified atom stereocenters. The number of anilines is 1. The Balaban J connectivity index is 2.06. The van der Waals surface area contributed by atoms with Gasteiger partial charge in [0.05, 0.1) is 10.5 Å². The van der Waals surface area contributed by atoms with E-state index < -0.39 is 16.1 Å². The number of non-ortho nitro benzene ring substituents is 1. The van der Waals surface area contributed by atoms with Crippen LogP contribution in [0.2, 0.25) is 0 Å². The third-order valence-electron chi connectivity index (χ3n) is 2.90. The zero-order chi connectivity index (χ0) is 17.0. The van der Waals surface area contributed by atoms with Crippen molar-refractivity contribution in [3.8, 4) is 5.95 Å². The molecule has 1 atom stereocenters. The van der Waals surface area contributed by atoms with E-state index in [2.05, 4.69) is 21.2 Å². The molecule has 0 spiro atoms. The van der Waals surface area contributed by atoms with Gasteiger partial charge < -0.3 is 14.9 Å². The maximum Gasteiger partial charge on any atom is 0.291 e. The number of rotatable bonds is 6. The Morgan fingerprint density at radius 2 is 2.35 bits per heavy atom. The molecule has 9 nitrogen and oxygen atoms in total. The van der Waals surface area contributed by atoms with Gasteiger partial charge in [0.15, 0.2) is 18.7 Å². The van der Waals surface area contributed by atoms with Crippen LogP contribution in [-0.2, 0) is 11.8 Å². The Morgan fingerprint density at radius 1 is 1.61 bits per heavy atom. The molecule has 1 N–H and O–H groups in total. The van der Waals surface area contributed by atoms with E-state index in [0.29, 0.717) is 12.1 Å². The highest BCUT2D eigenvalue weighted by atomic mass is 32.2. The van der Waals surface area contributed by atoms with Crippen molar-refractivity contribution in [1.82, 2.24) is 5.27 Å². The standard InChI is InChI=1S/C13H14N4O5S/c1-3-10(23-12-13(19)22-15-16(12)2)11(18)14-8-4-6-9(7-5-8)17(20)21/h4,6-7,10,19H,3H2,1-2H3,(H,14,18)/p-1. The first kappa shape index (κ1) is 16.7. The number of amides is 1. The van der Waals surface area contributed by atoms with Gasteiger partial charge in [-0.25, -0.2) is 0 Å². The number of nitro groups is 1. The van der Waals surface area contributed by atoms with Crippen LogP contribution in [0.3, 0.4) is 0 Å². The number of aromatic nitrogens is 2. The third kappa shape index (κ3) is 3.97. The second kappa shape index (κ2) is 7.09. The lowest BCUT2D eigenvalue weighted by Gasteiger charge is -2.15. The van der Waals surface area contributed by atoms with E-state index >= 15 is 0 Å². The third-order valence-corrected chi connectivity index (χ3v) is 4.38. The van der Waals surface area contributed by atoms with Crippen molar-refractivity contribution in [1.29, 1.82) is 0 Å². The fourth-order valence-corrected chi connectivity index (χ4v) is 2.63. The van der Waals surface area contributed by atoms with E-state index in [1.165, 1.54) is 22.9 Å². The second-order valence-corrected chi connectivity index (χ2v) is 5.70. The quantitative estimate of drug-likeness (QED) is 0.271. The van der Waals surface area contributed by atoms with Crippen molar-refractivity contribution < 1.29 is 24.0 Å².